The van der Waals surface area contributed by atoms with Crippen LogP contribution in [-0.2, 0) is 11.2 Å². The van der Waals surface area contributed by atoms with Gasteiger partial charge in [-0.1, -0.05) is 6.92 Å². The van der Waals surface area contributed by atoms with Crippen molar-refractivity contribution in [2.45, 2.75) is 64.5 Å². The summed E-state index contributed by atoms with van der Waals surface area (Å²) in [6.45, 7) is 6.17. The van der Waals surface area contributed by atoms with Crippen LogP contribution in [0.4, 0.5) is 0 Å². The van der Waals surface area contributed by atoms with Crippen LogP contribution in [0.2, 0.25) is 0 Å². The van der Waals surface area contributed by atoms with Crippen molar-refractivity contribution in [1.29, 1.82) is 0 Å². The number of hydrogen-bond donors (Lipinski definition) is 1. The summed E-state index contributed by atoms with van der Waals surface area (Å²) in [6.07, 6.45) is 4.61. The van der Waals surface area contributed by atoms with Gasteiger partial charge >= 0.3 is 0 Å². The number of carbonyl (C=O) groups excluding carboxylic acids is 1. The SMILES string of the molecule is CC1CCC(O)(C(=O)Cc2ncnn2C(C)C)CC1. The molecular formula is C14H23N3O2. The zero-order valence-electron chi connectivity index (χ0n) is 12.0. The Kier molecular flexibility index (Phi) is 4.04. The summed E-state index contributed by atoms with van der Waals surface area (Å²) in [5.41, 5.74) is -1.15. The maximum atomic E-state index is 12.3. The lowest BCUT2D eigenvalue weighted by molar-refractivity contribution is -0.140. The average Bonchev–Trinajstić information content (AvgIpc) is 2.81. The molecule has 0 atom stereocenters. The lowest BCUT2D eigenvalue weighted by Crippen LogP contribution is -2.43. The summed E-state index contributed by atoms with van der Waals surface area (Å²) in [5, 5.41) is 14.6. The highest BCUT2D eigenvalue weighted by Crippen LogP contribution is 2.33. The van der Waals surface area contributed by atoms with E-state index in [1.807, 2.05) is 13.8 Å². The Morgan fingerprint density at radius 2 is 2.16 bits per heavy atom. The normalized spacial score (nSPS) is 27.7. The van der Waals surface area contributed by atoms with E-state index < -0.39 is 5.60 Å². The van der Waals surface area contributed by atoms with Crippen LogP contribution < -0.4 is 0 Å². The van der Waals surface area contributed by atoms with Gasteiger partial charge in [-0.2, -0.15) is 5.10 Å². The van der Waals surface area contributed by atoms with Crippen LogP contribution in [0.25, 0.3) is 0 Å². The van der Waals surface area contributed by atoms with Gasteiger partial charge in [0.05, 0.1) is 6.42 Å². The largest absolute Gasteiger partial charge is 0.382 e. The average molecular weight is 265 g/mol. The highest BCUT2D eigenvalue weighted by atomic mass is 16.3. The van der Waals surface area contributed by atoms with E-state index in [4.69, 9.17) is 0 Å². The molecule has 1 saturated carbocycles. The summed E-state index contributed by atoms with van der Waals surface area (Å²) in [4.78, 5) is 16.5. The molecule has 5 nitrogen and oxygen atoms in total. The maximum absolute atomic E-state index is 12.3. The van der Waals surface area contributed by atoms with Crippen molar-refractivity contribution >= 4 is 5.78 Å². The number of ketones is 1. The molecule has 0 amide bonds. The molecule has 0 radical (unpaired) electrons. The van der Waals surface area contributed by atoms with Crippen LogP contribution in [0.1, 0.15) is 58.3 Å². The Morgan fingerprint density at radius 1 is 1.53 bits per heavy atom. The Bertz CT molecular complexity index is 445. The van der Waals surface area contributed by atoms with E-state index in [0.717, 1.165) is 12.8 Å². The molecule has 5 heteroatoms. The number of aliphatic hydroxyl groups is 1. The van der Waals surface area contributed by atoms with Crippen molar-refractivity contribution in [2.75, 3.05) is 0 Å². The van der Waals surface area contributed by atoms with Crippen molar-refractivity contribution in [2.24, 2.45) is 5.92 Å². The molecule has 1 aliphatic rings. The smallest absolute Gasteiger partial charge is 0.171 e. The molecule has 1 N–H and O–H groups in total. The maximum Gasteiger partial charge on any atom is 0.171 e. The monoisotopic (exact) mass is 265 g/mol. The van der Waals surface area contributed by atoms with Crippen LogP contribution in [0.3, 0.4) is 0 Å². The fourth-order valence-electron chi connectivity index (χ4n) is 2.66. The number of carbonyl (C=O) groups is 1. The molecule has 0 aromatic carbocycles. The van der Waals surface area contributed by atoms with Gasteiger partial charge in [0.15, 0.2) is 5.78 Å². The van der Waals surface area contributed by atoms with Crippen LogP contribution in [0.15, 0.2) is 6.33 Å². The van der Waals surface area contributed by atoms with Gasteiger partial charge < -0.3 is 5.11 Å². The molecule has 1 aromatic rings. The van der Waals surface area contributed by atoms with E-state index >= 15 is 0 Å². The zero-order chi connectivity index (χ0) is 14.0. The molecule has 2 rings (SSSR count). The standard InChI is InChI=1S/C14H23N3O2/c1-10(2)17-13(15-9-16-17)8-12(18)14(19)6-4-11(3)5-7-14/h9-11,19H,4-8H2,1-3H3. The molecule has 0 bridgehead atoms. The highest BCUT2D eigenvalue weighted by molar-refractivity contribution is 5.88. The molecule has 106 valence electrons. The summed E-state index contributed by atoms with van der Waals surface area (Å²) in [6, 6.07) is 0.173. The van der Waals surface area contributed by atoms with E-state index in [1.54, 1.807) is 4.68 Å². The number of rotatable bonds is 4. The first-order chi connectivity index (χ1) is 8.92. The van der Waals surface area contributed by atoms with Gasteiger partial charge in [-0.25, -0.2) is 9.67 Å². The van der Waals surface area contributed by atoms with Crippen LogP contribution >= 0.6 is 0 Å². The summed E-state index contributed by atoms with van der Waals surface area (Å²) >= 11 is 0. The third-order valence-corrected chi connectivity index (χ3v) is 4.08. The highest BCUT2D eigenvalue weighted by Gasteiger charge is 2.38. The molecule has 1 aliphatic carbocycles. The van der Waals surface area contributed by atoms with Gasteiger partial charge in [-0.3, -0.25) is 4.79 Å². The number of hydrogen-bond acceptors (Lipinski definition) is 4. The molecule has 0 spiro atoms. The Labute approximate surface area is 114 Å². The molecule has 0 unspecified atom stereocenters. The Balaban J connectivity index is 2.06. The summed E-state index contributed by atoms with van der Waals surface area (Å²) in [7, 11) is 0. The predicted molar refractivity (Wildman–Crippen MR) is 71.7 cm³/mol. The summed E-state index contributed by atoms with van der Waals surface area (Å²) in [5.74, 6) is 1.13. The van der Waals surface area contributed by atoms with E-state index in [2.05, 4.69) is 17.0 Å². The third kappa shape index (κ3) is 3.03. The predicted octanol–water partition coefficient (Wildman–Crippen LogP) is 1.91. The molecule has 1 heterocycles. The van der Waals surface area contributed by atoms with Gasteiger partial charge in [0.25, 0.3) is 0 Å². The van der Waals surface area contributed by atoms with E-state index in [1.165, 1.54) is 6.33 Å². The lowest BCUT2D eigenvalue weighted by atomic mass is 9.76. The van der Waals surface area contributed by atoms with E-state index in [-0.39, 0.29) is 18.2 Å². The molecule has 0 saturated heterocycles. The second-order valence-corrected chi connectivity index (χ2v) is 6.03. The van der Waals surface area contributed by atoms with Crippen molar-refractivity contribution in [3.63, 3.8) is 0 Å². The first-order valence-corrected chi connectivity index (χ1v) is 7.06. The Morgan fingerprint density at radius 3 is 2.74 bits per heavy atom. The van der Waals surface area contributed by atoms with E-state index in [0.29, 0.717) is 24.6 Å². The topological polar surface area (TPSA) is 68.0 Å². The number of aromatic nitrogens is 3. The fourth-order valence-corrected chi connectivity index (χ4v) is 2.66. The molecule has 0 aliphatic heterocycles. The first kappa shape index (κ1) is 14.2. The van der Waals surface area contributed by atoms with Gasteiger partial charge in [0.2, 0.25) is 0 Å². The van der Waals surface area contributed by atoms with E-state index in [9.17, 15) is 9.90 Å². The molecule has 1 aromatic heterocycles. The number of nitrogens with zero attached hydrogens (tertiary/aromatic N) is 3. The number of Topliss-reactive ketones (excluding diaryl/α,β-unsaturated/α-hetero) is 1. The third-order valence-electron chi connectivity index (χ3n) is 4.08. The minimum atomic E-state index is -1.15. The molecule has 1 fully saturated rings. The van der Waals surface area contributed by atoms with Crippen molar-refractivity contribution in [1.82, 2.24) is 14.8 Å². The quantitative estimate of drug-likeness (QED) is 0.903. The summed E-state index contributed by atoms with van der Waals surface area (Å²) < 4.78 is 1.74. The van der Waals surface area contributed by atoms with Crippen LogP contribution in [0.5, 0.6) is 0 Å². The lowest BCUT2D eigenvalue weighted by Gasteiger charge is -2.33. The molecule has 19 heavy (non-hydrogen) atoms. The zero-order valence-corrected chi connectivity index (χ0v) is 12.0. The van der Waals surface area contributed by atoms with Crippen LogP contribution in [0, 0.1) is 5.92 Å². The van der Waals surface area contributed by atoms with Crippen molar-refractivity contribution in [3.05, 3.63) is 12.2 Å². The molecular weight excluding hydrogens is 242 g/mol. The van der Waals surface area contributed by atoms with Gasteiger partial charge in [0, 0.05) is 6.04 Å². The first-order valence-electron chi connectivity index (χ1n) is 7.06. The second-order valence-electron chi connectivity index (χ2n) is 6.03. The van der Waals surface area contributed by atoms with Crippen molar-refractivity contribution < 1.29 is 9.90 Å². The van der Waals surface area contributed by atoms with Crippen molar-refractivity contribution in [3.8, 4) is 0 Å². The van der Waals surface area contributed by atoms with Gasteiger partial charge in [-0.05, 0) is 45.4 Å². The fraction of sp³-hybridized carbons (Fsp3) is 0.786. The van der Waals surface area contributed by atoms with Gasteiger partial charge in [-0.15, -0.1) is 0 Å². The van der Waals surface area contributed by atoms with Crippen LogP contribution in [-0.4, -0.2) is 31.3 Å². The Hall–Kier alpha value is -1.23. The van der Waals surface area contributed by atoms with Gasteiger partial charge in [0.1, 0.15) is 17.8 Å². The minimum Gasteiger partial charge on any atom is -0.382 e. The minimum absolute atomic E-state index is 0.116. The second kappa shape index (κ2) is 5.41.